The minimum atomic E-state index is -1.10. The maximum Gasteiger partial charge on any atom is 0.326 e. The van der Waals surface area contributed by atoms with Gasteiger partial charge in [-0.25, -0.2) is 4.79 Å². The topological polar surface area (TPSA) is 74.7 Å². The molecule has 1 aliphatic rings. The summed E-state index contributed by atoms with van der Waals surface area (Å²) in [7, 11) is 0. The molecule has 1 atom stereocenters. The van der Waals surface area contributed by atoms with Crippen molar-refractivity contribution < 1.29 is 19.5 Å². The Morgan fingerprint density at radius 1 is 1.62 bits per heavy atom. The van der Waals surface area contributed by atoms with Gasteiger partial charge >= 0.3 is 5.97 Å². The summed E-state index contributed by atoms with van der Waals surface area (Å²) in [5.74, 6) is -1.57. The summed E-state index contributed by atoms with van der Waals surface area (Å²) in [5.41, 5.74) is 0. The second-order valence-electron chi connectivity index (χ2n) is 2.97. The van der Waals surface area contributed by atoms with Crippen LogP contribution in [0.15, 0.2) is 0 Å². The molecule has 1 aliphatic heterocycles. The molecule has 5 heteroatoms. The minimum absolute atomic E-state index is 0.0519. The van der Waals surface area contributed by atoms with Gasteiger partial charge in [0.1, 0.15) is 6.04 Å². The van der Waals surface area contributed by atoms with Gasteiger partial charge in [0.05, 0.1) is 6.54 Å². The largest absolute Gasteiger partial charge is 0.480 e. The normalized spacial score (nSPS) is 22.1. The number of aliphatic carboxylic acids is 1. The predicted molar refractivity (Wildman–Crippen MR) is 43.1 cm³/mol. The van der Waals surface area contributed by atoms with Crippen LogP contribution in [0.25, 0.3) is 0 Å². The number of nitrogens with zero attached hydrogens (tertiary/aromatic N) is 1. The van der Waals surface area contributed by atoms with Crippen molar-refractivity contribution in [2.24, 2.45) is 0 Å². The Morgan fingerprint density at radius 2 is 2.23 bits per heavy atom. The van der Waals surface area contributed by atoms with Crippen molar-refractivity contribution in [1.82, 2.24) is 4.90 Å². The molecule has 0 saturated carbocycles. The maximum absolute atomic E-state index is 11.2. The molecular weight excluding hydrogens is 174 g/mol. The lowest BCUT2D eigenvalue weighted by atomic mass is 10.2. The first-order valence-electron chi connectivity index (χ1n) is 4.10. The number of carboxylic acids is 1. The van der Waals surface area contributed by atoms with Crippen LogP contribution in [0, 0.1) is 0 Å². The third kappa shape index (κ3) is 1.85. The first kappa shape index (κ1) is 9.70. The van der Waals surface area contributed by atoms with Crippen LogP contribution in [0.2, 0.25) is 0 Å². The van der Waals surface area contributed by atoms with E-state index in [1.54, 1.807) is 6.92 Å². The molecule has 0 aromatic rings. The summed E-state index contributed by atoms with van der Waals surface area (Å²) in [4.78, 5) is 33.9. The number of carbonyl (C=O) groups excluding carboxylic acids is 2. The Balaban J connectivity index is 2.77. The van der Waals surface area contributed by atoms with Crippen LogP contribution in [0.3, 0.4) is 0 Å². The van der Waals surface area contributed by atoms with E-state index >= 15 is 0 Å². The SMILES string of the molecule is CCC(=O)N1CC(=O)CC1C(=O)O. The van der Waals surface area contributed by atoms with Gasteiger partial charge in [0.25, 0.3) is 0 Å². The van der Waals surface area contributed by atoms with E-state index < -0.39 is 12.0 Å². The fourth-order valence-corrected chi connectivity index (χ4v) is 1.38. The van der Waals surface area contributed by atoms with E-state index in [9.17, 15) is 14.4 Å². The van der Waals surface area contributed by atoms with Gasteiger partial charge in [-0.05, 0) is 0 Å². The monoisotopic (exact) mass is 185 g/mol. The van der Waals surface area contributed by atoms with Gasteiger partial charge < -0.3 is 10.0 Å². The quantitative estimate of drug-likeness (QED) is 0.638. The van der Waals surface area contributed by atoms with Crippen LogP contribution >= 0.6 is 0 Å². The minimum Gasteiger partial charge on any atom is -0.480 e. The third-order valence-electron chi connectivity index (χ3n) is 2.05. The van der Waals surface area contributed by atoms with Crippen LogP contribution in [-0.2, 0) is 14.4 Å². The van der Waals surface area contributed by atoms with Gasteiger partial charge in [0, 0.05) is 12.8 Å². The fourth-order valence-electron chi connectivity index (χ4n) is 1.38. The molecule has 1 fully saturated rings. The van der Waals surface area contributed by atoms with Crippen molar-refractivity contribution in [3.8, 4) is 0 Å². The molecule has 1 saturated heterocycles. The summed E-state index contributed by atoms with van der Waals surface area (Å²) < 4.78 is 0. The van der Waals surface area contributed by atoms with Gasteiger partial charge in [-0.1, -0.05) is 6.92 Å². The average Bonchev–Trinajstić information content (AvgIpc) is 2.46. The van der Waals surface area contributed by atoms with Crippen LogP contribution in [0.1, 0.15) is 19.8 Å². The number of Topliss-reactive ketones (excluding diaryl/α,β-unsaturated/α-hetero) is 1. The standard InChI is InChI=1S/C8H11NO4/c1-2-7(11)9-4-5(10)3-6(9)8(12)13/h6H,2-4H2,1H3,(H,12,13). The van der Waals surface area contributed by atoms with E-state index in [1.807, 2.05) is 0 Å². The number of likely N-dealkylation sites (tertiary alicyclic amines) is 1. The van der Waals surface area contributed by atoms with E-state index in [2.05, 4.69) is 0 Å². The lowest BCUT2D eigenvalue weighted by Gasteiger charge is -2.19. The van der Waals surface area contributed by atoms with Crippen LogP contribution in [0.4, 0.5) is 0 Å². The van der Waals surface area contributed by atoms with Crippen molar-refractivity contribution in [3.05, 3.63) is 0 Å². The smallest absolute Gasteiger partial charge is 0.326 e. The van der Waals surface area contributed by atoms with E-state index in [-0.39, 0.29) is 31.1 Å². The number of ketones is 1. The van der Waals surface area contributed by atoms with Crippen LogP contribution < -0.4 is 0 Å². The lowest BCUT2D eigenvalue weighted by molar-refractivity contribution is -0.148. The van der Waals surface area contributed by atoms with Gasteiger partial charge in [-0.15, -0.1) is 0 Å². The molecule has 0 radical (unpaired) electrons. The van der Waals surface area contributed by atoms with Gasteiger partial charge in [0.2, 0.25) is 5.91 Å². The number of carbonyl (C=O) groups is 3. The Morgan fingerprint density at radius 3 is 2.69 bits per heavy atom. The molecular formula is C8H11NO4. The second-order valence-corrected chi connectivity index (χ2v) is 2.97. The molecule has 0 aromatic carbocycles. The van der Waals surface area contributed by atoms with Crippen molar-refractivity contribution in [1.29, 1.82) is 0 Å². The third-order valence-corrected chi connectivity index (χ3v) is 2.05. The Hall–Kier alpha value is -1.39. The Kier molecular flexibility index (Phi) is 2.65. The van der Waals surface area contributed by atoms with Crippen LogP contribution in [-0.4, -0.2) is 40.3 Å². The number of hydrogen-bond donors (Lipinski definition) is 1. The van der Waals surface area contributed by atoms with E-state index in [0.29, 0.717) is 0 Å². The zero-order valence-corrected chi connectivity index (χ0v) is 7.32. The zero-order valence-electron chi connectivity index (χ0n) is 7.32. The summed E-state index contributed by atoms with van der Waals surface area (Å²) in [6.07, 6.45) is 0.179. The van der Waals surface area contributed by atoms with Gasteiger partial charge in [0.15, 0.2) is 5.78 Å². The highest BCUT2D eigenvalue weighted by atomic mass is 16.4. The van der Waals surface area contributed by atoms with Crippen LogP contribution in [0.5, 0.6) is 0 Å². The number of amides is 1. The zero-order chi connectivity index (χ0) is 10.0. The molecule has 1 heterocycles. The summed E-state index contributed by atoms with van der Waals surface area (Å²) >= 11 is 0. The van der Waals surface area contributed by atoms with Crippen molar-refractivity contribution in [2.45, 2.75) is 25.8 Å². The highest BCUT2D eigenvalue weighted by Gasteiger charge is 2.37. The first-order chi connectivity index (χ1) is 6.06. The second kappa shape index (κ2) is 3.55. The van der Waals surface area contributed by atoms with Crippen molar-refractivity contribution >= 4 is 17.7 Å². The summed E-state index contributed by atoms with van der Waals surface area (Å²) in [5, 5.41) is 8.70. The molecule has 0 aromatic heterocycles. The molecule has 1 unspecified atom stereocenters. The van der Waals surface area contributed by atoms with Crippen molar-refractivity contribution in [2.75, 3.05) is 6.54 Å². The highest BCUT2D eigenvalue weighted by molar-refractivity contribution is 5.96. The summed E-state index contributed by atoms with van der Waals surface area (Å²) in [6.45, 7) is 1.59. The molecule has 0 spiro atoms. The number of carboxylic acid groups (broad SMARTS) is 1. The first-order valence-corrected chi connectivity index (χ1v) is 4.10. The Labute approximate surface area is 75.3 Å². The molecule has 1 N–H and O–H groups in total. The predicted octanol–water partition coefficient (Wildman–Crippen LogP) is -0.349. The highest BCUT2D eigenvalue weighted by Crippen LogP contribution is 2.15. The maximum atomic E-state index is 11.2. The molecule has 0 bridgehead atoms. The number of hydrogen-bond acceptors (Lipinski definition) is 3. The molecule has 1 rings (SSSR count). The lowest BCUT2D eigenvalue weighted by Crippen LogP contribution is -2.40. The molecule has 5 nitrogen and oxygen atoms in total. The fraction of sp³-hybridized carbons (Fsp3) is 0.625. The van der Waals surface area contributed by atoms with Crippen molar-refractivity contribution in [3.63, 3.8) is 0 Å². The summed E-state index contributed by atoms with van der Waals surface area (Å²) in [6, 6.07) is -0.944. The van der Waals surface area contributed by atoms with Gasteiger partial charge in [-0.2, -0.15) is 0 Å². The number of rotatable bonds is 2. The molecule has 0 aliphatic carbocycles. The van der Waals surface area contributed by atoms with E-state index in [4.69, 9.17) is 5.11 Å². The van der Waals surface area contributed by atoms with E-state index in [0.717, 1.165) is 4.90 Å². The Bertz CT molecular complexity index is 261. The van der Waals surface area contributed by atoms with Gasteiger partial charge in [-0.3, -0.25) is 9.59 Å². The van der Waals surface area contributed by atoms with E-state index in [1.165, 1.54) is 0 Å². The molecule has 1 amide bonds. The molecule has 72 valence electrons. The molecule has 13 heavy (non-hydrogen) atoms. The average molecular weight is 185 g/mol.